The maximum Gasteiger partial charge on any atom is 0.309 e. The third kappa shape index (κ3) is 9.26. The van der Waals surface area contributed by atoms with Crippen molar-refractivity contribution in [1.82, 2.24) is 5.32 Å². The lowest BCUT2D eigenvalue weighted by Crippen LogP contribution is -2.40. The third-order valence-corrected chi connectivity index (χ3v) is 4.98. The van der Waals surface area contributed by atoms with E-state index in [0.717, 1.165) is 5.56 Å². The van der Waals surface area contributed by atoms with E-state index in [-0.39, 0.29) is 37.7 Å². The molecule has 0 heterocycles. The van der Waals surface area contributed by atoms with Crippen molar-refractivity contribution in [1.29, 1.82) is 0 Å². The van der Waals surface area contributed by atoms with E-state index in [1.807, 2.05) is 30.3 Å². The third-order valence-electron chi connectivity index (χ3n) is 4.98. The Morgan fingerprint density at radius 3 is 2.35 bits per heavy atom. The summed E-state index contributed by atoms with van der Waals surface area (Å²) in [6.07, 6.45) is -0.202. The van der Waals surface area contributed by atoms with E-state index in [9.17, 15) is 19.7 Å². The summed E-state index contributed by atoms with van der Waals surface area (Å²) in [5.74, 6) is -1.37. The van der Waals surface area contributed by atoms with Gasteiger partial charge in [-0.25, -0.2) is 0 Å². The predicted molar refractivity (Wildman–Crippen MR) is 123 cm³/mol. The first-order valence-electron chi connectivity index (χ1n) is 10.8. The number of hydrogen-bond acceptors (Lipinski definition) is 8. The highest BCUT2D eigenvalue weighted by atomic mass is 16.7. The van der Waals surface area contributed by atoms with Gasteiger partial charge in [-0.1, -0.05) is 37.3 Å². The minimum atomic E-state index is -0.540. The van der Waals surface area contributed by atoms with Crippen molar-refractivity contribution >= 4 is 17.6 Å². The zero-order valence-corrected chi connectivity index (χ0v) is 19.5. The maximum absolute atomic E-state index is 12.7. The quantitative estimate of drug-likeness (QED) is 0.145. The summed E-state index contributed by atoms with van der Waals surface area (Å²) in [7, 11) is 1.50. The number of carbonyl (C=O) groups is 2. The second-order valence-electron chi connectivity index (χ2n) is 7.66. The van der Waals surface area contributed by atoms with Crippen LogP contribution >= 0.6 is 0 Å². The molecule has 2 rings (SSSR count). The highest BCUT2D eigenvalue weighted by Crippen LogP contribution is 2.14. The van der Waals surface area contributed by atoms with Gasteiger partial charge in [-0.15, -0.1) is 0 Å². The molecule has 0 aliphatic heterocycles. The van der Waals surface area contributed by atoms with E-state index in [0.29, 0.717) is 0 Å². The molecule has 2 aromatic rings. The zero-order valence-electron chi connectivity index (χ0n) is 19.5. The lowest BCUT2D eigenvalue weighted by Gasteiger charge is -2.22. The Bertz CT molecular complexity index is 920. The van der Waals surface area contributed by atoms with Crippen LogP contribution in [0, 0.1) is 16.0 Å². The average molecular weight is 475 g/mol. The van der Waals surface area contributed by atoms with E-state index in [1.54, 1.807) is 13.8 Å². The van der Waals surface area contributed by atoms with Crippen LogP contribution in [-0.4, -0.2) is 49.6 Å². The second-order valence-corrected chi connectivity index (χ2v) is 7.66. The van der Waals surface area contributed by atoms with E-state index in [2.05, 4.69) is 5.32 Å². The largest absolute Gasteiger partial charge is 0.461 e. The number of ether oxygens (including phenoxy) is 4. The minimum absolute atomic E-state index is 0.0637. The standard InChI is InChI=1S/C24H30N2O8/c1-17(24(28)33-14-19-7-5-4-6-8-19)13-21(15-32-16-34-18(2)31-3)25-23(27)20-9-11-22(12-10-20)26(29)30/h4-12,17-18,21H,13-16H2,1-3H3,(H,25,27)/t17-,18?,21-/m0/s1. The normalized spacial score (nSPS) is 13.5. The topological polar surface area (TPSA) is 126 Å². The molecule has 0 radical (unpaired) electrons. The Kier molecular flexibility index (Phi) is 11.1. The predicted octanol–water partition coefficient (Wildman–Crippen LogP) is 3.45. The number of benzene rings is 2. The molecule has 1 unspecified atom stereocenters. The molecule has 3 atom stereocenters. The number of amides is 1. The van der Waals surface area contributed by atoms with Gasteiger partial charge >= 0.3 is 5.97 Å². The monoisotopic (exact) mass is 474 g/mol. The number of esters is 1. The molecule has 0 fully saturated rings. The molecule has 0 aliphatic rings. The summed E-state index contributed by atoms with van der Waals surface area (Å²) >= 11 is 0. The number of nitro groups is 1. The Morgan fingerprint density at radius 1 is 1.06 bits per heavy atom. The second kappa shape index (κ2) is 14.0. The number of nitrogens with one attached hydrogen (secondary N) is 1. The molecular formula is C24H30N2O8. The highest BCUT2D eigenvalue weighted by molar-refractivity contribution is 5.94. The van der Waals surface area contributed by atoms with Crippen molar-refractivity contribution in [2.24, 2.45) is 5.92 Å². The Morgan fingerprint density at radius 2 is 1.74 bits per heavy atom. The first kappa shape index (κ1) is 26.9. The number of hydrogen-bond donors (Lipinski definition) is 1. The number of rotatable bonds is 14. The summed E-state index contributed by atoms with van der Waals surface area (Å²) < 4.78 is 21.2. The van der Waals surface area contributed by atoms with Crippen molar-refractivity contribution in [2.45, 2.75) is 39.2 Å². The van der Waals surface area contributed by atoms with Gasteiger partial charge < -0.3 is 24.3 Å². The van der Waals surface area contributed by atoms with E-state index >= 15 is 0 Å². The van der Waals surface area contributed by atoms with Gasteiger partial charge in [0.15, 0.2) is 6.29 Å². The molecule has 0 bridgehead atoms. The molecule has 1 N–H and O–H groups in total. The lowest BCUT2D eigenvalue weighted by atomic mass is 10.0. The molecule has 10 heteroatoms. The van der Waals surface area contributed by atoms with E-state index in [4.69, 9.17) is 18.9 Å². The Labute approximate surface area is 198 Å². The Balaban J connectivity index is 1.96. The van der Waals surface area contributed by atoms with Crippen LogP contribution in [0.2, 0.25) is 0 Å². The van der Waals surface area contributed by atoms with Crippen LogP contribution in [0.1, 0.15) is 36.2 Å². The summed E-state index contributed by atoms with van der Waals surface area (Å²) in [4.78, 5) is 35.5. The van der Waals surface area contributed by atoms with Gasteiger partial charge in [-0.2, -0.15) is 0 Å². The molecule has 10 nitrogen and oxygen atoms in total. The molecule has 0 aromatic heterocycles. The van der Waals surface area contributed by atoms with E-state index in [1.165, 1.54) is 31.4 Å². The molecule has 184 valence electrons. The SMILES string of the molecule is COC(C)OCOC[C@H](C[C@H](C)C(=O)OCc1ccccc1)NC(=O)c1ccc([N+](=O)[O-])cc1. The number of methoxy groups -OCH3 is 1. The van der Waals surface area contributed by atoms with Crippen LogP contribution in [0.25, 0.3) is 0 Å². The fourth-order valence-corrected chi connectivity index (χ4v) is 2.97. The van der Waals surface area contributed by atoms with Crippen LogP contribution in [0.3, 0.4) is 0 Å². The molecule has 2 aromatic carbocycles. The van der Waals surface area contributed by atoms with Crippen LogP contribution in [0.4, 0.5) is 5.69 Å². The zero-order chi connectivity index (χ0) is 24.9. The van der Waals surface area contributed by atoms with Crippen LogP contribution in [0.15, 0.2) is 54.6 Å². The van der Waals surface area contributed by atoms with E-state index < -0.39 is 35.0 Å². The van der Waals surface area contributed by atoms with Crippen LogP contribution < -0.4 is 5.32 Å². The first-order chi connectivity index (χ1) is 16.3. The van der Waals surface area contributed by atoms with Gasteiger partial charge in [0, 0.05) is 24.8 Å². The highest BCUT2D eigenvalue weighted by Gasteiger charge is 2.23. The lowest BCUT2D eigenvalue weighted by molar-refractivity contribution is -0.384. The summed E-state index contributed by atoms with van der Waals surface area (Å²) in [5.41, 5.74) is 1.01. The molecule has 0 saturated carbocycles. The molecule has 0 saturated heterocycles. The Hall–Kier alpha value is -3.34. The van der Waals surface area contributed by atoms with Gasteiger partial charge in [-0.05, 0) is 31.0 Å². The van der Waals surface area contributed by atoms with Gasteiger partial charge in [0.25, 0.3) is 11.6 Å². The first-order valence-corrected chi connectivity index (χ1v) is 10.8. The molecule has 34 heavy (non-hydrogen) atoms. The molecule has 1 amide bonds. The smallest absolute Gasteiger partial charge is 0.309 e. The average Bonchev–Trinajstić information content (AvgIpc) is 2.85. The van der Waals surface area contributed by atoms with Gasteiger partial charge in [0.1, 0.15) is 13.4 Å². The van der Waals surface area contributed by atoms with Crippen molar-refractivity contribution in [3.63, 3.8) is 0 Å². The fraction of sp³-hybridized carbons (Fsp3) is 0.417. The minimum Gasteiger partial charge on any atom is -0.461 e. The fourth-order valence-electron chi connectivity index (χ4n) is 2.97. The van der Waals surface area contributed by atoms with Crippen molar-refractivity contribution in [3.05, 3.63) is 75.8 Å². The number of non-ortho nitro benzene ring substituents is 1. The maximum atomic E-state index is 12.7. The number of nitro benzene ring substituents is 1. The van der Waals surface area contributed by atoms with Gasteiger partial charge in [0.2, 0.25) is 0 Å². The molecular weight excluding hydrogens is 444 g/mol. The number of nitrogens with zero attached hydrogens (tertiary/aromatic N) is 1. The van der Waals surface area contributed by atoms with Crippen molar-refractivity contribution in [2.75, 3.05) is 20.5 Å². The molecule has 0 aliphatic carbocycles. The van der Waals surface area contributed by atoms with Crippen LogP contribution in [-0.2, 0) is 30.3 Å². The van der Waals surface area contributed by atoms with Crippen LogP contribution in [0.5, 0.6) is 0 Å². The van der Waals surface area contributed by atoms with Crippen molar-refractivity contribution in [3.8, 4) is 0 Å². The summed E-state index contributed by atoms with van der Waals surface area (Å²) in [5, 5.41) is 13.6. The van der Waals surface area contributed by atoms with Gasteiger partial charge in [-0.3, -0.25) is 19.7 Å². The molecule has 0 spiro atoms. The van der Waals surface area contributed by atoms with Crippen molar-refractivity contribution < 1.29 is 33.5 Å². The summed E-state index contributed by atoms with van der Waals surface area (Å²) in [6.45, 7) is 3.59. The summed E-state index contributed by atoms with van der Waals surface area (Å²) in [6, 6.07) is 14.0. The number of carbonyl (C=O) groups excluding carboxylic acids is 2. The van der Waals surface area contributed by atoms with Gasteiger partial charge in [0.05, 0.1) is 23.5 Å².